The van der Waals surface area contributed by atoms with E-state index in [4.69, 9.17) is 44.0 Å². The number of amides is 1. The fourth-order valence-electron chi connectivity index (χ4n) is 5.52. The lowest BCUT2D eigenvalue weighted by molar-refractivity contribution is -0.219. The van der Waals surface area contributed by atoms with Crippen molar-refractivity contribution in [3.63, 3.8) is 0 Å². The van der Waals surface area contributed by atoms with Crippen molar-refractivity contribution in [3.8, 4) is 11.7 Å². The van der Waals surface area contributed by atoms with Crippen LogP contribution in [0.4, 0.5) is 13.2 Å². The molecule has 4 rings (SSSR count). The summed E-state index contributed by atoms with van der Waals surface area (Å²) in [5.41, 5.74) is -3.08. The normalized spacial score (nSPS) is 20.0. The molecule has 0 aromatic carbocycles. The molecule has 1 aliphatic carbocycles. The number of hydrogen-bond acceptors (Lipinski definition) is 7. The number of carbonyl (C=O) groups is 1. The van der Waals surface area contributed by atoms with E-state index in [2.05, 4.69) is 19.9 Å². The average Bonchev–Trinajstić information content (AvgIpc) is 3.56. The summed E-state index contributed by atoms with van der Waals surface area (Å²) in [5.74, 6) is -2.62. The second kappa shape index (κ2) is 11.6. The van der Waals surface area contributed by atoms with Crippen LogP contribution in [0.15, 0.2) is 35.5 Å². The van der Waals surface area contributed by atoms with E-state index in [1.165, 1.54) is 53.9 Å². The lowest BCUT2D eigenvalue weighted by atomic mass is 9.28. The smallest absolute Gasteiger partial charge is 0.397 e. The summed E-state index contributed by atoms with van der Waals surface area (Å²) in [6, 6.07) is 4.07. The van der Waals surface area contributed by atoms with Gasteiger partial charge in [-0.25, -0.2) is 22.8 Å². The molecule has 1 amide bonds. The SMILES string of the molecule is [B]C([B])([B])[C@@H]1CC(c2nc(-n3ccc(OCC(C)(C)C(F)(F)F)n3)ccc2C(=O)NS(=O)(=O)c2cn(C)nc2C)C(C)(C)C1([B])[B]. The minimum atomic E-state index is -4.51. The number of aryl methyl sites for hydroxylation is 2. The van der Waals surface area contributed by atoms with Crippen LogP contribution >= 0.6 is 0 Å². The fourth-order valence-corrected chi connectivity index (χ4v) is 6.70. The summed E-state index contributed by atoms with van der Waals surface area (Å²) in [6.45, 7) is 6.23. The molecule has 3 heterocycles. The highest BCUT2D eigenvalue weighted by Gasteiger charge is 2.57. The van der Waals surface area contributed by atoms with Gasteiger partial charge >= 0.3 is 6.18 Å². The van der Waals surface area contributed by atoms with Gasteiger partial charge in [0.15, 0.2) is 5.82 Å². The number of nitrogens with one attached hydrogen (secondary N) is 1. The molecule has 0 spiro atoms. The van der Waals surface area contributed by atoms with Gasteiger partial charge in [0.1, 0.15) is 11.5 Å². The largest absolute Gasteiger partial charge is 0.476 e. The van der Waals surface area contributed by atoms with Gasteiger partial charge in [-0.3, -0.25) is 9.48 Å². The Hall–Kier alpha value is -3.10. The summed E-state index contributed by atoms with van der Waals surface area (Å²) in [5, 5.41) is 4.82. The van der Waals surface area contributed by atoms with Gasteiger partial charge in [-0.05, 0) is 44.7 Å². The lowest BCUT2D eigenvalue weighted by Gasteiger charge is -2.47. The predicted molar refractivity (Wildman–Crippen MR) is 168 cm³/mol. The third-order valence-electron chi connectivity index (χ3n) is 8.76. The second-order valence-corrected chi connectivity index (χ2v) is 14.7. The summed E-state index contributed by atoms with van der Waals surface area (Å²) in [6.07, 6.45) is -1.78. The van der Waals surface area contributed by atoms with E-state index >= 15 is 0 Å². The highest BCUT2D eigenvalue weighted by atomic mass is 32.2. The third-order valence-corrected chi connectivity index (χ3v) is 10.2. The van der Waals surface area contributed by atoms with Crippen LogP contribution < -0.4 is 9.46 Å². The van der Waals surface area contributed by atoms with E-state index in [0.29, 0.717) is 0 Å². The Morgan fingerprint density at radius 2 is 1.76 bits per heavy atom. The Morgan fingerprint density at radius 1 is 1.13 bits per heavy atom. The summed E-state index contributed by atoms with van der Waals surface area (Å²) in [4.78, 5) is 18.1. The molecule has 1 saturated carbocycles. The van der Waals surface area contributed by atoms with Crippen LogP contribution in [0.2, 0.25) is 10.3 Å². The van der Waals surface area contributed by atoms with E-state index in [1.54, 1.807) is 13.8 Å². The fraction of sp³-hybridized carbons (Fsp3) is 0.556. The zero-order valence-corrected chi connectivity index (χ0v) is 27.1. The van der Waals surface area contributed by atoms with Gasteiger partial charge in [0.2, 0.25) is 5.88 Å². The summed E-state index contributed by atoms with van der Waals surface area (Å²) < 4.78 is 76.2. The molecule has 1 aliphatic rings. The number of rotatable bonds is 9. The number of ether oxygens (including phenoxy) is 1. The van der Waals surface area contributed by atoms with Crippen molar-refractivity contribution in [2.45, 2.75) is 68.4 Å². The number of hydrogen-bond donors (Lipinski definition) is 1. The Kier molecular flexibility index (Phi) is 8.98. The lowest BCUT2D eigenvalue weighted by Crippen LogP contribution is -2.40. The third kappa shape index (κ3) is 6.53. The number of halogens is 3. The molecule has 2 atom stereocenters. The van der Waals surface area contributed by atoms with Crippen LogP contribution in [-0.2, 0) is 17.1 Å². The molecule has 1 N–H and O–H groups in total. The second-order valence-electron chi connectivity index (χ2n) is 13.1. The van der Waals surface area contributed by atoms with E-state index in [1.807, 2.05) is 0 Å². The van der Waals surface area contributed by atoms with E-state index in [-0.39, 0.29) is 40.0 Å². The van der Waals surface area contributed by atoms with Gasteiger partial charge < -0.3 is 4.74 Å². The van der Waals surface area contributed by atoms with Gasteiger partial charge in [-0.15, -0.1) is 10.2 Å². The van der Waals surface area contributed by atoms with Crippen LogP contribution in [-0.4, -0.2) is 90.9 Å². The van der Waals surface area contributed by atoms with Crippen LogP contribution in [0.1, 0.15) is 61.8 Å². The van der Waals surface area contributed by atoms with Crippen molar-refractivity contribution in [1.82, 2.24) is 29.3 Å². The number of pyridine rings is 1. The molecular formula is C27H30B5F3N6O4S. The maximum Gasteiger partial charge on any atom is 0.397 e. The van der Waals surface area contributed by atoms with Crippen molar-refractivity contribution in [1.29, 1.82) is 0 Å². The molecule has 0 bridgehead atoms. The molecule has 3 aromatic heterocycles. The predicted octanol–water partition coefficient (Wildman–Crippen LogP) is 2.56. The maximum atomic E-state index is 13.7. The molecule has 1 fully saturated rings. The van der Waals surface area contributed by atoms with Crippen LogP contribution in [0.25, 0.3) is 5.82 Å². The Labute approximate surface area is 273 Å². The Balaban J connectivity index is 1.78. The first-order valence-electron chi connectivity index (χ1n) is 14.1. The summed E-state index contributed by atoms with van der Waals surface area (Å²) in [7, 11) is 28.5. The van der Waals surface area contributed by atoms with Gasteiger partial charge in [0.05, 0.1) is 61.6 Å². The van der Waals surface area contributed by atoms with Crippen LogP contribution in [0.5, 0.6) is 5.88 Å². The molecule has 0 saturated heterocycles. The number of alkyl halides is 3. The molecule has 234 valence electrons. The highest BCUT2D eigenvalue weighted by Crippen LogP contribution is 2.67. The van der Waals surface area contributed by atoms with Crippen molar-refractivity contribution < 1.29 is 31.1 Å². The average molecular weight is 646 g/mol. The first-order chi connectivity index (χ1) is 20.8. The van der Waals surface area contributed by atoms with E-state index in [0.717, 1.165) is 13.8 Å². The van der Waals surface area contributed by atoms with Crippen LogP contribution in [0.3, 0.4) is 0 Å². The zero-order valence-electron chi connectivity index (χ0n) is 26.3. The number of nitrogens with zero attached hydrogens (tertiary/aromatic N) is 5. The van der Waals surface area contributed by atoms with Crippen LogP contribution in [0, 0.1) is 23.7 Å². The molecule has 19 heteroatoms. The van der Waals surface area contributed by atoms with Crippen molar-refractivity contribution >= 4 is 55.2 Å². The van der Waals surface area contributed by atoms with E-state index in [9.17, 15) is 26.4 Å². The monoisotopic (exact) mass is 646 g/mol. The molecule has 46 heavy (non-hydrogen) atoms. The van der Waals surface area contributed by atoms with Gasteiger partial charge in [-0.1, -0.05) is 25.0 Å². The number of carbonyl (C=O) groups excluding carboxylic acids is 1. The zero-order chi connectivity index (χ0) is 34.8. The molecule has 10 nitrogen and oxygen atoms in total. The molecule has 3 aromatic rings. The first kappa shape index (κ1) is 35.8. The van der Waals surface area contributed by atoms with Crippen molar-refractivity contribution in [2.24, 2.45) is 23.8 Å². The first-order valence-corrected chi connectivity index (χ1v) is 15.6. The van der Waals surface area contributed by atoms with E-state index < -0.39 is 61.7 Å². The maximum absolute atomic E-state index is 13.7. The van der Waals surface area contributed by atoms with Gasteiger partial charge in [0.25, 0.3) is 15.9 Å². The Morgan fingerprint density at radius 3 is 2.28 bits per heavy atom. The molecule has 1 unspecified atom stereocenters. The number of aromatic nitrogens is 5. The minimum absolute atomic E-state index is 0.0642. The van der Waals surface area contributed by atoms with Crippen molar-refractivity contribution in [2.75, 3.05) is 6.61 Å². The molecule has 10 radical (unpaired) electrons. The van der Waals surface area contributed by atoms with Crippen molar-refractivity contribution in [3.05, 3.63) is 47.5 Å². The van der Waals surface area contributed by atoms with Gasteiger partial charge in [0, 0.05) is 31.4 Å². The summed E-state index contributed by atoms with van der Waals surface area (Å²) >= 11 is 0. The number of sulfonamides is 1. The quantitative estimate of drug-likeness (QED) is 0.355. The Bertz CT molecular complexity index is 1750. The standard InChI is InChI=1S/C27H30B5F3N6O4S/c1-14-17(12-40(6)37-14)46(43,44)39-22(42)15-7-8-19(41-10-9-20(38-41)45-13-23(2,3)27(33,34)35)36-21(15)16-11-18(26(30,31)32)25(28,29)24(16,4)5/h7-10,12,16,18H,11,13H2,1-6H3,(H,39,42)/t16?,18-/m1/s1. The van der Waals surface area contributed by atoms with Gasteiger partial charge in [-0.2, -0.15) is 18.3 Å². The molecular weight excluding hydrogens is 615 g/mol. The molecule has 0 aliphatic heterocycles. The highest BCUT2D eigenvalue weighted by molar-refractivity contribution is 7.90. The minimum Gasteiger partial charge on any atom is -0.476 e. The topological polar surface area (TPSA) is 121 Å².